The van der Waals surface area contributed by atoms with Crippen LogP contribution in [-0.2, 0) is 26.9 Å². The molecule has 1 atom stereocenters. The molecule has 0 bridgehead atoms. The van der Waals surface area contributed by atoms with Gasteiger partial charge in [0.2, 0.25) is 0 Å². The minimum Gasteiger partial charge on any atom is -0.492 e. The van der Waals surface area contributed by atoms with Crippen molar-refractivity contribution in [3.05, 3.63) is 59.7 Å². The second-order valence-corrected chi connectivity index (χ2v) is 8.44. The summed E-state index contributed by atoms with van der Waals surface area (Å²) in [6, 6.07) is 10.7. The van der Waals surface area contributed by atoms with E-state index in [1.807, 2.05) is 6.92 Å². The number of aliphatic carboxylic acids is 1. The van der Waals surface area contributed by atoms with E-state index in [2.05, 4.69) is 5.32 Å². The van der Waals surface area contributed by atoms with Crippen molar-refractivity contribution in [2.75, 3.05) is 44.8 Å². The van der Waals surface area contributed by atoms with Crippen LogP contribution >= 0.6 is 0 Å². The fourth-order valence-corrected chi connectivity index (χ4v) is 3.41. The van der Waals surface area contributed by atoms with Gasteiger partial charge in [0, 0.05) is 31.9 Å². The van der Waals surface area contributed by atoms with Crippen molar-refractivity contribution in [2.45, 2.75) is 45.4 Å². The summed E-state index contributed by atoms with van der Waals surface area (Å²) < 4.78 is 55.0. The van der Waals surface area contributed by atoms with Crippen molar-refractivity contribution in [3.63, 3.8) is 0 Å². The lowest BCUT2D eigenvalue weighted by Crippen LogP contribution is -2.40. The van der Waals surface area contributed by atoms with E-state index in [0.29, 0.717) is 25.6 Å². The first-order valence-corrected chi connectivity index (χ1v) is 12.5. The number of anilines is 1. The molecule has 0 saturated carbocycles. The Morgan fingerprint density at radius 1 is 0.974 bits per heavy atom. The van der Waals surface area contributed by atoms with E-state index in [0.717, 1.165) is 30.5 Å². The first-order chi connectivity index (χ1) is 18.1. The van der Waals surface area contributed by atoms with Gasteiger partial charge in [-0.15, -0.1) is 0 Å². The zero-order valence-electron chi connectivity index (χ0n) is 21.6. The Labute approximate surface area is 220 Å². The molecule has 0 radical (unpaired) electrons. The molecule has 38 heavy (non-hydrogen) atoms. The van der Waals surface area contributed by atoms with E-state index in [1.165, 1.54) is 17.0 Å². The van der Waals surface area contributed by atoms with Gasteiger partial charge >= 0.3 is 18.2 Å². The second-order valence-electron chi connectivity index (χ2n) is 8.44. The molecule has 0 aliphatic rings. The summed E-state index contributed by atoms with van der Waals surface area (Å²) in [5, 5.41) is 11.8. The molecule has 2 rings (SSSR count). The third kappa shape index (κ3) is 11.0. The molecule has 0 aliphatic carbocycles. The molecule has 2 amide bonds. The third-order valence-electron chi connectivity index (χ3n) is 5.52. The summed E-state index contributed by atoms with van der Waals surface area (Å²) in [5.41, 5.74) is 0.218. The highest BCUT2D eigenvalue weighted by Gasteiger charge is 2.30. The van der Waals surface area contributed by atoms with Crippen LogP contribution in [-0.4, -0.2) is 67.6 Å². The van der Waals surface area contributed by atoms with Crippen molar-refractivity contribution in [1.29, 1.82) is 0 Å². The molecule has 0 aliphatic heterocycles. The summed E-state index contributed by atoms with van der Waals surface area (Å²) >= 11 is 0. The molecule has 0 heterocycles. The first-order valence-electron chi connectivity index (χ1n) is 12.5. The minimum absolute atomic E-state index is 0.158. The monoisotopic (exact) mass is 540 g/mol. The number of ether oxygens (including phenoxy) is 3. The second kappa shape index (κ2) is 15.8. The van der Waals surface area contributed by atoms with Gasteiger partial charge in [0.25, 0.3) is 0 Å². The van der Waals surface area contributed by atoms with E-state index >= 15 is 0 Å². The lowest BCUT2D eigenvalue weighted by atomic mass is 10.1. The van der Waals surface area contributed by atoms with Gasteiger partial charge < -0.3 is 29.5 Å². The largest absolute Gasteiger partial charge is 0.492 e. The van der Waals surface area contributed by atoms with Crippen LogP contribution in [0.25, 0.3) is 0 Å². The topological polar surface area (TPSA) is 97.3 Å². The maximum absolute atomic E-state index is 12.8. The normalized spacial score (nSPS) is 12.1. The lowest BCUT2D eigenvalue weighted by Gasteiger charge is -2.23. The van der Waals surface area contributed by atoms with E-state index in [1.54, 1.807) is 31.2 Å². The number of hydrogen-bond donors (Lipinski definition) is 2. The number of rotatable bonds is 16. The number of nitrogens with one attached hydrogen (secondary N) is 1. The zero-order valence-corrected chi connectivity index (χ0v) is 21.6. The number of carboxylic acid groups (broad SMARTS) is 1. The quantitative estimate of drug-likeness (QED) is 0.274. The Morgan fingerprint density at radius 2 is 1.63 bits per heavy atom. The predicted molar refractivity (Wildman–Crippen MR) is 136 cm³/mol. The molecule has 2 aromatic rings. The lowest BCUT2D eigenvalue weighted by molar-refractivity contribution is -0.150. The highest BCUT2D eigenvalue weighted by molar-refractivity contribution is 5.89. The Hall–Kier alpha value is -3.31. The average molecular weight is 541 g/mol. The van der Waals surface area contributed by atoms with Crippen LogP contribution in [0.15, 0.2) is 48.5 Å². The van der Waals surface area contributed by atoms with E-state index in [-0.39, 0.29) is 31.8 Å². The fourth-order valence-electron chi connectivity index (χ4n) is 3.41. The van der Waals surface area contributed by atoms with Gasteiger partial charge in [-0.1, -0.05) is 25.5 Å². The molecule has 2 N–H and O–H groups in total. The van der Waals surface area contributed by atoms with Gasteiger partial charge in [-0.05, 0) is 55.3 Å². The summed E-state index contributed by atoms with van der Waals surface area (Å²) in [5.74, 6) is -0.486. The zero-order chi connectivity index (χ0) is 28.0. The number of carboxylic acids is 1. The van der Waals surface area contributed by atoms with Crippen molar-refractivity contribution in [1.82, 2.24) is 4.90 Å². The maximum atomic E-state index is 12.8. The third-order valence-corrected chi connectivity index (χ3v) is 5.52. The van der Waals surface area contributed by atoms with Crippen molar-refractivity contribution in [2.24, 2.45) is 0 Å². The van der Waals surface area contributed by atoms with Crippen LogP contribution in [0.1, 0.15) is 37.8 Å². The molecule has 11 heteroatoms. The fraction of sp³-hybridized carbons (Fsp3) is 0.481. The average Bonchev–Trinajstić information content (AvgIpc) is 2.88. The summed E-state index contributed by atoms with van der Waals surface area (Å²) in [6.45, 7) is 5.58. The highest BCUT2D eigenvalue weighted by atomic mass is 19.4. The van der Waals surface area contributed by atoms with E-state index in [9.17, 15) is 27.9 Å². The van der Waals surface area contributed by atoms with Gasteiger partial charge in [0.1, 0.15) is 12.4 Å². The Kier molecular flexibility index (Phi) is 12.9. The van der Waals surface area contributed by atoms with Crippen molar-refractivity contribution >= 4 is 17.7 Å². The highest BCUT2D eigenvalue weighted by Crippen LogP contribution is 2.29. The number of unbranched alkanes of at least 4 members (excludes halogenated alkanes) is 1. The summed E-state index contributed by atoms with van der Waals surface area (Å²) in [4.78, 5) is 25.6. The Morgan fingerprint density at radius 3 is 2.21 bits per heavy atom. The Balaban J connectivity index is 1.94. The SMILES string of the molecule is CCCCOCCN(CCOc1ccc(CC(OCC)C(=O)O)cc1)C(=O)Nc1ccc(C(F)(F)F)cc1. The predicted octanol–water partition coefficient (Wildman–Crippen LogP) is 5.47. The maximum Gasteiger partial charge on any atom is 0.416 e. The number of amides is 2. The molecule has 0 spiro atoms. The van der Waals surface area contributed by atoms with Gasteiger partial charge in [-0.3, -0.25) is 0 Å². The van der Waals surface area contributed by atoms with Crippen LogP contribution in [0.2, 0.25) is 0 Å². The van der Waals surface area contributed by atoms with E-state index < -0.39 is 29.8 Å². The Bertz CT molecular complexity index is 984. The van der Waals surface area contributed by atoms with Crippen LogP contribution in [0, 0.1) is 0 Å². The number of urea groups is 1. The summed E-state index contributed by atoms with van der Waals surface area (Å²) in [6.07, 6.45) is -3.29. The number of carbonyl (C=O) groups excluding carboxylic acids is 1. The molecule has 0 aromatic heterocycles. The van der Waals surface area contributed by atoms with Crippen LogP contribution in [0.4, 0.5) is 23.7 Å². The van der Waals surface area contributed by atoms with Crippen LogP contribution in [0.5, 0.6) is 5.75 Å². The van der Waals surface area contributed by atoms with Crippen molar-refractivity contribution < 1.29 is 42.1 Å². The number of halogens is 3. The van der Waals surface area contributed by atoms with Crippen LogP contribution < -0.4 is 10.1 Å². The van der Waals surface area contributed by atoms with Crippen molar-refractivity contribution in [3.8, 4) is 5.75 Å². The number of benzene rings is 2. The number of alkyl halides is 3. The molecule has 0 saturated heterocycles. The molecule has 0 fully saturated rings. The molecular weight excluding hydrogens is 505 g/mol. The molecule has 2 aromatic carbocycles. The number of nitrogens with zero attached hydrogens (tertiary/aromatic N) is 1. The van der Waals surface area contributed by atoms with Gasteiger partial charge in [0.05, 0.1) is 18.7 Å². The standard InChI is InChI=1S/C27H35F3N2O6/c1-3-5-16-36-17-14-32(26(35)31-22-10-8-21(9-11-22)27(28,29)30)15-18-38-23-12-6-20(7-13-23)19-24(25(33)34)37-4-2/h6-13,24H,3-5,14-19H2,1-2H3,(H,31,35)(H,33,34). The molecule has 210 valence electrons. The van der Waals surface area contributed by atoms with Crippen LogP contribution in [0.3, 0.4) is 0 Å². The molecule has 1 unspecified atom stereocenters. The van der Waals surface area contributed by atoms with Gasteiger partial charge in [-0.25, -0.2) is 9.59 Å². The minimum atomic E-state index is -4.46. The molecular formula is C27H35F3N2O6. The first kappa shape index (κ1) is 30.9. The van der Waals surface area contributed by atoms with Gasteiger partial charge in [0.15, 0.2) is 6.10 Å². The van der Waals surface area contributed by atoms with Gasteiger partial charge in [-0.2, -0.15) is 13.2 Å². The van der Waals surface area contributed by atoms with E-state index in [4.69, 9.17) is 14.2 Å². The number of carbonyl (C=O) groups is 2. The summed E-state index contributed by atoms with van der Waals surface area (Å²) in [7, 11) is 0. The molecule has 8 nitrogen and oxygen atoms in total. The number of hydrogen-bond acceptors (Lipinski definition) is 5. The smallest absolute Gasteiger partial charge is 0.416 e.